The van der Waals surface area contributed by atoms with Crippen molar-refractivity contribution in [3.05, 3.63) is 17.5 Å². The Kier molecular flexibility index (Phi) is 10.6. The largest absolute Gasteiger partial charge is 0.490 e. The summed E-state index contributed by atoms with van der Waals surface area (Å²) in [6.07, 6.45) is -5.09. The van der Waals surface area contributed by atoms with Gasteiger partial charge in [0.1, 0.15) is 0 Å². The van der Waals surface area contributed by atoms with Crippen LogP contribution in [0.25, 0.3) is 0 Å². The average molecular weight is 491 g/mol. The predicted molar refractivity (Wildman–Crippen MR) is 103 cm³/mol. The molecule has 1 aliphatic carbocycles. The fourth-order valence-corrected chi connectivity index (χ4v) is 3.01. The standard InChI is InChI=1S/C15H25N3O.2C2HF3O2/c1-3-18-10-13-8-17(7-12-5-6-12)9-14(11-19-4-2)15(13)16-18;2*3-2(4,5)1(6)7/h10,12,14H,3-9,11H2,1-2H3;2*(H,6,7). The Morgan fingerprint density at radius 1 is 1.09 bits per heavy atom. The van der Waals surface area contributed by atoms with Crippen LogP contribution in [0, 0.1) is 5.92 Å². The molecule has 2 aliphatic rings. The lowest BCUT2D eigenvalue weighted by atomic mass is 9.97. The van der Waals surface area contributed by atoms with Crippen molar-refractivity contribution in [2.24, 2.45) is 5.92 Å². The fraction of sp³-hybridized carbons (Fsp3) is 0.737. The van der Waals surface area contributed by atoms with E-state index in [0.717, 1.165) is 38.8 Å². The second-order valence-electron chi connectivity index (χ2n) is 7.49. The lowest BCUT2D eigenvalue weighted by Gasteiger charge is -2.31. The summed E-state index contributed by atoms with van der Waals surface area (Å²) < 4.78 is 71.2. The minimum atomic E-state index is -5.08. The Balaban J connectivity index is 0.000000324. The molecule has 1 saturated carbocycles. The van der Waals surface area contributed by atoms with E-state index < -0.39 is 24.3 Å². The van der Waals surface area contributed by atoms with Crippen LogP contribution in [0.2, 0.25) is 0 Å². The molecule has 0 saturated heterocycles. The molecule has 8 nitrogen and oxygen atoms in total. The molecule has 1 aromatic rings. The summed E-state index contributed by atoms with van der Waals surface area (Å²) in [5.41, 5.74) is 2.70. The number of aromatic nitrogens is 2. The van der Waals surface area contributed by atoms with Gasteiger partial charge in [-0.25, -0.2) is 9.59 Å². The number of rotatable bonds is 6. The summed E-state index contributed by atoms with van der Waals surface area (Å²) in [4.78, 5) is 20.4. The molecule has 33 heavy (non-hydrogen) atoms. The molecule has 2 heterocycles. The van der Waals surface area contributed by atoms with Gasteiger partial charge in [0, 0.05) is 50.5 Å². The van der Waals surface area contributed by atoms with Gasteiger partial charge >= 0.3 is 24.3 Å². The molecule has 0 bridgehead atoms. The topological polar surface area (TPSA) is 105 Å². The molecule has 2 N–H and O–H groups in total. The van der Waals surface area contributed by atoms with E-state index in [1.165, 1.54) is 30.6 Å². The van der Waals surface area contributed by atoms with E-state index >= 15 is 0 Å². The summed E-state index contributed by atoms with van der Waals surface area (Å²) in [6.45, 7) is 10.2. The number of carboxylic acids is 2. The van der Waals surface area contributed by atoms with Crippen molar-refractivity contribution in [2.75, 3.05) is 26.3 Å². The molecule has 1 aliphatic heterocycles. The highest BCUT2D eigenvalue weighted by Crippen LogP contribution is 2.34. The van der Waals surface area contributed by atoms with Crippen LogP contribution in [-0.4, -0.2) is 75.5 Å². The third kappa shape index (κ3) is 10.4. The van der Waals surface area contributed by atoms with Crippen LogP contribution in [0.5, 0.6) is 0 Å². The summed E-state index contributed by atoms with van der Waals surface area (Å²) in [5, 5.41) is 19.0. The molecule has 0 spiro atoms. The average Bonchev–Trinajstić information content (AvgIpc) is 3.40. The number of halogens is 6. The quantitative estimate of drug-likeness (QED) is 0.587. The van der Waals surface area contributed by atoms with E-state index in [1.54, 1.807) is 0 Å². The Bertz CT molecular complexity index is 753. The Hall–Kier alpha value is -2.35. The van der Waals surface area contributed by atoms with Gasteiger partial charge in [-0.1, -0.05) is 0 Å². The minimum Gasteiger partial charge on any atom is -0.475 e. The van der Waals surface area contributed by atoms with Crippen molar-refractivity contribution in [3.8, 4) is 0 Å². The van der Waals surface area contributed by atoms with Crippen molar-refractivity contribution >= 4 is 11.9 Å². The van der Waals surface area contributed by atoms with Crippen LogP contribution in [0.4, 0.5) is 26.3 Å². The number of hydrogen-bond donors (Lipinski definition) is 2. The van der Waals surface area contributed by atoms with Gasteiger partial charge in [0.2, 0.25) is 0 Å². The normalized spacial score (nSPS) is 18.4. The number of aliphatic carboxylic acids is 2. The van der Waals surface area contributed by atoms with Crippen LogP contribution < -0.4 is 0 Å². The van der Waals surface area contributed by atoms with Gasteiger partial charge in [-0.2, -0.15) is 31.4 Å². The molecule has 0 aromatic carbocycles. The molecule has 0 radical (unpaired) electrons. The zero-order valence-electron chi connectivity index (χ0n) is 18.1. The summed E-state index contributed by atoms with van der Waals surface area (Å²) in [5.74, 6) is -4.11. The van der Waals surface area contributed by atoms with Crippen molar-refractivity contribution in [1.82, 2.24) is 14.7 Å². The van der Waals surface area contributed by atoms with Gasteiger partial charge in [0.25, 0.3) is 0 Å². The summed E-state index contributed by atoms with van der Waals surface area (Å²) in [7, 11) is 0. The molecule has 1 aromatic heterocycles. The van der Waals surface area contributed by atoms with Crippen molar-refractivity contribution in [2.45, 2.75) is 58.0 Å². The zero-order chi connectivity index (χ0) is 25.4. The first-order valence-electron chi connectivity index (χ1n) is 10.1. The van der Waals surface area contributed by atoms with Crippen molar-refractivity contribution < 1.29 is 50.9 Å². The Morgan fingerprint density at radius 2 is 1.61 bits per heavy atom. The molecule has 1 unspecified atom stereocenters. The Morgan fingerprint density at radius 3 is 2.00 bits per heavy atom. The Labute approximate surface area is 186 Å². The van der Waals surface area contributed by atoms with Crippen LogP contribution in [0.1, 0.15) is 43.9 Å². The highest BCUT2D eigenvalue weighted by atomic mass is 19.4. The molecule has 1 fully saturated rings. The lowest BCUT2D eigenvalue weighted by molar-refractivity contribution is -0.193. The predicted octanol–water partition coefficient (Wildman–Crippen LogP) is 3.52. The number of aryl methyl sites for hydroxylation is 1. The van der Waals surface area contributed by atoms with Gasteiger partial charge in [-0.05, 0) is 32.6 Å². The van der Waals surface area contributed by atoms with Crippen LogP contribution in [0.15, 0.2) is 6.20 Å². The molecule has 3 rings (SSSR count). The highest BCUT2D eigenvalue weighted by Gasteiger charge is 2.39. The monoisotopic (exact) mass is 491 g/mol. The smallest absolute Gasteiger partial charge is 0.475 e. The summed E-state index contributed by atoms with van der Waals surface area (Å²) >= 11 is 0. The second-order valence-corrected chi connectivity index (χ2v) is 7.49. The van der Waals surface area contributed by atoms with Crippen LogP contribution >= 0.6 is 0 Å². The van der Waals surface area contributed by atoms with Gasteiger partial charge in [-0.15, -0.1) is 0 Å². The van der Waals surface area contributed by atoms with Crippen LogP contribution in [0.3, 0.4) is 0 Å². The van der Waals surface area contributed by atoms with E-state index in [2.05, 4.69) is 29.6 Å². The van der Waals surface area contributed by atoms with Gasteiger partial charge in [0.15, 0.2) is 0 Å². The summed E-state index contributed by atoms with van der Waals surface area (Å²) in [6, 6.07) is 0. The first-order chi connectivity index (χ1) is 15.2. The third-order valence-electron chi connectivity index (χ3n) is 4.67. The number of fused-ring (bicyclic) bond motifs is 1. The maximum absolute atomic E-state index is 10.6. The minimum absolute atomic E-state index is 0.454. The number of nitrogens with zero attached hydrogens (tertiary/aromatic N) is 3. The van der Waals surface area contributed by atoms with E-state index in [0.29, 0.717) is 5.92 Å². The molecule has 1 atom stereocenters. The van der Waals surface area contributed by atoms with Crippen LogP contribution in [-0.2, 0) is 27.4 Å². The second kappa shape index (κ2) is 12.2. The number of carboxylic acid groups (broad SMARTS) is 2. The first kappa shape index (κ1) is 28.7. The highest BCUT2D eigenvalue weighted by molar-refractivity contribution is 5.73. The van der Waals surface area contributed by atoms with Crippen molar-refractivity contribution in [1.29, 1.82) is 0 Å². The number of hydrogen-bond acceptors (Lipinski definition) is 5. The number of carbonyl (C=O) groups is 2. The maximum atomic E-state index is 10.6. The maximum Gasteiger partial charge on any atom is 0.490 e. The third-order valence-corrected chi connectivity index (χ3v) is 4.67. The fourth-order valence-electron chi connectivity index (χ4n) is 3.01. The van der Waals surface area contributed by atoms with Gasteiger partial charge < -0.3 is 14.9 Å². The SMILES string of the molecule is CCOCC1CN(CC2CC2)Cc2cn(CC)nc21.O=C(O)C(F)(F)F.O=C(O)C(F)(F)F. The molecule has 14 heteroatoms. The molecular formula is C19H27F6N3O5. The van der Waals surface area contributed by atoms with E-state index in [9.17, 15) is 26.3 Å². The molecular weight excluding hydrogens is 464 g/mol. The number of alkyl halides is 6. The molecule has 0 amide bonds. The van der Waals surface area contributed by atoms with Crippen molar-refractivity contribution in [3.63, 3.8) is 0 Å². The number of ether oxygens (including phenoxy) is 1. The van der Waals surface area contributed by atoms with E-state index in [1.807, 2.05) is 0 Å². The van der Waals surface area contributed by atoms with Gasteiger partial charge in [0.05, 0.1) is 12.3 Å². The first-order valence-corrected chi connectivity index (χ1v) is 10.1. The zero-order valence-corrected chi connectivity index (χ0v) is 18.1. The van der Waals surface area contributed by atoms with E-state index in [-0.39, 0.29) is 0 Å². The van der Waals surface area contributed by atoms with Gasteiger partial charge in [-0.3, -0.25) is 9.58 Å². The van der Waals surface area contributed by atoms with E-state index in [4.69, 9.17) is 29.6 Å². The molecule has 190 valence electrons. The lowest BCUT2D eigenvalue weighted by Crippen LogP contribution is -2.36.